The number of aromatic nitrogens is 1. The van der Waals surface area contributed by atoms with Gasteiger partial charge in [0.1, 0.15) is 23.2 Å². The fourth-order valence-corrected chi connectivity index (χ4v) is 1.83. The maximum absolute atomic E-state index is 9.04. The minimum absolute atomic E-state index is 0.535. The van der Waals surface area contributed by atoms with Crippen LogP contribution in [0.15, 0.2) is 18.2 Å². The second kappa shape index (κ2) is 4.30. The largest absolute Gasteiger partial charge is 0.494 e. The van der Waals surface area contributed by atoms with Gasteiger partial charge in [0.15, 0.2) is 0 Å². The maximum atomic E-state index is 9.04. The van der Waals surface area contributed by atoms with Crippen molar-refractivity contribution in [2.45, 2.75) is 6.92 Å². The van der Waals surface area contributed by atoms with Crippen LogP contribution >= 0.6 is 0 Å². The Morgan fingerprint density at radius 3 is 2.71 bits per heavy atom. The summed E-state index contributed by atoms with van der Waals surface area (Å²) in [6.45, 7) is 1.99. The number of nitrogens with one attached hydrogen (secondary N) is 1. The lowest BCUT2D eigenvalue weighted by atomic mass is 10.1. The first-order valence-corrected chi connectivity index (χ1v) is 5.27. The van der Waals surface area contributed by atoms with Crippen LogP contribution in [-0.2, 0) is 0 Å². The minimum Gasteiger partial charge on any atom is -0.494 e. The Labute approximate surface area is 99.8 Å². The Morgan fingerprint density at radius 1 is 1.35 bits per heavy atom. The first-order chi connectivity index (χ1) is 8.19. The molecule has 0 bridgehead atoms. The van der Waals surface area contributed by atoms with E-state index in [1.165, 1.54) is 0 Å². The van der Waals surface area contributed by atoms with Gasteiger partial charge < -0.3 is 10.1 Å². The van der Waals surface area contributed by atoms with Gasteiger partial charge >= 0.3 is 0 Å². The smallest absolute Gasteiger partial charge is 0.145 e. The molecule has 4 heteroatoms. The molecule has 0 aliphatic heterocycles. The Kier molecular flexibility index (Phi) is 2.84. The fourth-order valence-electron chi connectivity index (χ4n) is 1.83. The average Bonchev–Trinajstić information content (AvgIpc) is 2.35. The molecule has 1 aromatic heterocycles. The minimum atomic E-state index is 0.535. The molecule has 0 radical (unpaired) electrons. The molecule has 86 valence electrons. The molecule has 0 fully saturated rings. The van der Waals surface area contributed by atoms with Crippen molar-refractivity contribution in [2.75, 3.05) is 19.5 Å². The van der Waals surface area contributed by atoms with Gasteiger partial charge in [0.25, 0.3) is 0 Å². The van der Waals surface area contributed by atoms with Gasteiger partial charge in [-0.25, -0.2) is 4.98 Å². The second-order valence-corrected chi connectivity index (χ2v) is 3.79. The molecule has 0 aliphatic carbocycles. The number of anilines is 1. The lowest BCUT2D eigenvalue weighted by Gasteiger charge is -2.09. The molecular weight excluding hydrogens is 214 g/mol. The van der Waals surface area contributed by atoms with Crippen molar-refractivity contribution in [1.29, 1.82) is 5.26 Å². The summed E-state index contributed by atoms with van der Waals surface area (Å²) in [5.74, 6) is 1.29. The number of benzene rings is 1. The lowest BCUT2D eigenvalue weighted by Crippen LogP contribution is -1.98. The van der Waals surface area contributed by atoms with Gasteiger partial charge in [-0.3, -0.25) is 0 Å². The topological polar surface area (TPSA) is 57.9 Å². The van der Waals surface area contributed by atoms with E-state index in [1.807, 2.05) is 25.1 Å². The fraction of sp³-hybridized carbons (Fsp3) is 0.231. The second-order valence-electron chi connectivity index (χ2n) is 3.79. The summed E-state index contributed by atoms with van der Waals surface area (Å²) in [6.07, 6.45) is 0. The first-order valence-electron chi connectivity index (χ1n) is 5.27. The normalized spacial score (nSPS) is 10.0. The summed E-state index contributed by atoms with van der Waals surface area (Å²) in [5, 5.41) is 12.9. The van der Waals surface area contributed by atoms with Crippen LogP contribution in [-0.4, -0.2) is 19.1 Å². The highest BCUT2D eigenvalue weighted by Crippen LogP contribution is 2.28. The molecule has 0 saturated carbocycles. The highest BCUT2D eigenvalue weighted by molar-refractivity contribution is 5.88. The zero-order chi connectivity index (χ0) is 12.4. The highest BCUT2D eigenvalue weighted by atomic mass is 16.5. The highest BCUT2D eigenvalue weighted by Gasteiger charge is 2.09. The van der Waals surface area contributed by atoms with Crippen molar-refractivity contribution >= 4 is 16.7 Å². The summed E-state index contributed by atoms with van der Waals surface area (Å²) in [6, 6.07) is 7.88. The quantitative estimate of drug-likeness (QED) is 0.856. The Morgan fingerprint density at radius 2 is 2.12 bits per heavy atom. The van der Waals surface area contributed by atoms with Gasteiger partial charge in [-0.15, -0.1) is 0 Å². The predicted octanol–water partition coefficient (Wildman–Crippen LogP) is 2.47. The number of rotatable bonds is 2. The first kappa shape index (κ1) is 11.2. The van der Waals surface area contributed by atoms with Crippen LogP contribution in [0.5, 0.6) is 5.75 Å². The van der Waals surface area contributed by atoms with Crippen molar-refractivity contribution in [3.63, 3.8) is 0 Å². The van der Waals surface area contributed by atoms with E-state index in [0.717, 1.165) is 22.2 Å². The summed E-state index contributed by atoms with van der Waals surface area (Å²) >= 11 is 0. The predicted molar refractivity (Wildman–Crippen MR) is 67.3 cm³/mol. The molecule has 1 N–H and O–H groups in total. The third-order valence-electron chi connectivity index (χ3n) is 2.60. The van der Waals surface area contributed by atoms with E-state index in [-0.39, 0.29) is 0 Å². The van der Waals surface area contributed by atoms with Crippen molar-refractivity contribution in [1.82, 2.24) is 4.98 Å². The van der Waals surface area contributed by atoms with Crippen molar-refractivity contribution in [3.05, 3.63) is 29.3 Å². The number of hydrogen-bond acceptors (Lipinski definition) is 4. The zero-order valence-corrected chi connectivity index (χ0v) is 10.0. The molecule has 0 unspecified atom stereocenters. The number of nitriles is 1. The Hall–Kier alpha value is -2.28. The number of methoxy groups -OCH3 is 1. The monoisotopic (exact) mass is 227 g/mol. The van der Waals surface area contributed by atoms with Gasteiger partial charge in [-0.05, 0) is 30.7 Å². The molecule has 0 spiro atoms. The average molecular weight is 227 g/mol. The number of hydrogen-bond donors (Lipinski definition) is 1. The summed E-state index contributed by atoms with van der Waals surface area (Å²) in [5.41, 5.74) is 2.38. The van der Waals surface area contributed by atoms with Gasteiger partial charge in [-0.1, -0.05) is 0 Å². The number of fused-ring (bicyclic) bond motifs is 1. The van der Waals surface area contributed by atoms with Crippen LogP contribution in [0.2, 0.25) is 0 Å². The number of nitrogens with zero attached hydrogens (tertiary/aromatic N) is 2. The number of pyridine rings is 1. The molecule has 2 rings (SSSR count). The van der Waals surface area contributed by atoms with Crippen LogP contribution in [0.1, 0.15) is 11.1 Å². The molecule has 2 aromatic rings. The molecule has 0 saturated heterocycles. The van der Waals surface area contributed by atoms with Gasteiger partial charge in [0, 0.05) is 12.4 Å². The van der Waals surface area contributed by atoms with Crippen LogP contribution < -0.4 is 10.1 Å². The van der Waals surface area contributed by atoms with Gasteiger partial charge in [0.05, 0.1) is 12.7 Å². The molecule has 0 atom stereocenters. The van der Waals surface area contributed by atoms with E-state index in [0.29, 0.717) is 11.4 Å². The standard InChI is InChI=1S/C13H13N3O/c1-8-4-9-6-10(7-14)13(15-2)16-12(9)11(5-8)17-3/h4-6H,1-3H3,(H,15,16). The van der Waals surface area contributed by atoms with Gasteiger partial charge in [0.2, 0.25) is 0 Å². The van der Waals surface area contributed by atoms with Crippen molar-refractivity contribution in [2.24, 2.45) is 0 Å². The van der Waals surface area contributed by atoms with Crippen LogP contribution in [0.25, 0.3) is 10.9 Å². The van der Waals surface area contributed by atoms with Crippen LogP contribution in [0.3, 0.4) is 0 Å². The van der Waals surface area contributed by atoms with Crippen molar-refractivity contribution < 1.29 is 4.74 Å². The summed E-state index contributed by atoms with van der Waals surface area (Å²) in [7, 11) is 3.36. The Balaban J connectivity index is 2.83. The molecular formula is C13H13N3O. The molecule has 4 nitrogen and oxygen atoms in total. The van der Waals surface area contributed by atoms with E-state index in [1.54, 1.807) is 14.2 Å². The Bertz CT molecular complexity index is 614. The zero-order valence-electron chi connectivity index (χ0n) is 10.0. The van der Waals surface area contributed by atoms with Gasteiger partial charge in [-0.2, -0.15) is 5.26 Å². The number of aryl methyl sites for hydroxylation is 1. The molecule has 0 aliphatic rings. The van der Waals surface area contributed by atoms with E-state index in [9.17, 15) is 0 Å². The van der Waals surface area contributed by atoms with Crippen LogP contribution in [0.4, 0.5) is 5.82 Å². The van der Waals surface area contributed by atoms with Crippen LogP contribution in [0, 0.1) is 18.3 Å². The van der Waals surface area contributed by atoms with E-state index >= 15 is 0 Å². The lowest BCUT2D eigenvalue weighted by molar-refractivity contribution is 0.418. The third-order valence-corrected chi connectivity index (χ3v) is 2.60. The van der Waals surface area contributed by atoms with Crippen molar-refractivity contribution in [3.8, 4) is 11.8 Å². The summed E-state index contributed by atoms with van der Waals surface area (Å²) in [4.78, 5) is 4.42. The number of ether oxygens (including phenoxy) is 1. The summed E-state index contributed by atoms with van der Waals surface area (Å²) < 4.78 is 5.31. The van der Waals surface area contributed by atoms with E-state index in [4.69, 9.17) is 10.00 Å². The molecule has 17 heavy (non-hydrogen) atoms. The third kappa shape index (κ3) is 1.87. The molecule has 1 heterocycles. The van der Waals surface area contributed by atoms with E-state index in [2.05, 4.69) is 16.4 Å². The SMILES string of the molecule is CNc1nc2c(OC)cc(C)cc2cc1C#N. The molecule has 1 aromatic carbocycles. The molecule has 0 amide bonds. The van der Waals surface area contributed by atoms with E-state index < -0.39 is 0 Å². The maximum Gasteiger partial charge on any atom is 0.145 e.